The summed E-state index contributed by atoms with van der Waals surface area (Å²) < 4.78 is 1.75. The van der Waals surface area contributed by atoms with Crippen LogP contribution < -0.4 is 5.32 Å². The van der Waals surface area contributed by atoms with Gasteiger partial charge in [0.05, 0.1) is 12.2 Å². The summed E-state index contributed by atoms with van der Waals surface area (Å²) in [5.74, 6) is 1.90. The maximum atomic E-state index is 12.0. The van der Waals surface area contributed by atoms with Gasteiger partial charge in [0.15, 0.2) is 0 Å². The van der Waals surface area contributed by atoms with E-state index < -0.39 is 0 Å². The topological polar surface area (TPSA) is 50.2 Å². The lowest BCUT2D eigenvalue weighted by Gasteiger charge is -2.19. The Kier molecular flexibility index (Phi) is 7.70. The Morgan fingerprint density at radius 2 is 2.39 bits per heavy atom. The number of carbonyl (C=O) groups excluding carboxylic acids is 1. The maximum absolute atomic E-state index is 12.0. The molecule has 0 aromatic carbocycles. The average molecular weight is 313 g/mol. The summed E-state index contributed by atoms with van der Waals surface area (Å²) in [4.78, 5) is 13.7. The van der Waals surface area contributed by atoms with Crippen LogP contribution in [0.3, 0.4) is 0 Å². The second-order valence-corrected chi connectivity index (χ2v) is 5.02. The van der Waals surface area contributed by atoms with Crippen LogP contribution in [0.1, 0.15) is 5.56 Å². The SMILES string of the molecule is CN(Cc1cnn(C)c1)C(=O)C1CSCN1.Cl.Cl. The Morgan fingerprint density at radius 3 is 2.89 bits per heavy atom. The highest BCUT2D eigenvalue weighted by molar-refractivity contribution is 7.99. The Labute approximate surface area is 123 Å². The minimum absolute atomic E-state index is 0. The van der Waals surface area contributed by atoms with E-state index in [0.29, 0.717) is 6.54 Å². The minimum atomic E-state index is -0.0216. The highest BCUT2D eigenvalue weighted by Crippen LogP contribution is 2.12. The Hall–Kier alpha value is -0.430. The predicted molar refractivity (Wildman–Crippen MR) is 78.4 cm³/mol. The molecule has 5 nitrogen and oxygen atoms in total. The van der Waals surface area contributed by atoms with Gasteiger partial charge in [-0.1, -0.05) is 0 Å². The van der Waals surface area contributed by atoms with Crippen molar-refractivity contribution in [2.45, 2.75) is 12.6 Å². The quantitative estimate of drug-likeness (QED) is 0.900. The monoisotopic (exact) mass is 312 g/mol. The first-order valence-electron chi connectivity index (χ1n) is 5.20. The van der Waals surface area contributed by atoms with Crippen LogP contribution >= 0.6 is 36.6 Å². The molecule has 104 valence electrons. The van der Waals surface area contributed by atoms with Crippen molar-refractivity contribution in [1.29, 1.82) is 0 Å². The van der Waals surface area contributed by atoms with Crippen molar-refractivity contribution in [3.05, 3.63) is 18.0 Å². The third-order valence-corrected chi connectivity index (χ3v) is 3.51. The molecule has 18 heavy (non-hydrogen) atoms. The highest BCUT2D eigenvalue weighted by Gasteiger charge is 2.25. The van der Waals surface area contributed by atoms with Gasteiger partial charge in [-0.25, -0.2) is 0 Å². The molecule has 1 aromatic rings. The largest absolute Gasteiger partial charge is 0.340 e. The molecule has 1 amide bonds. The number of thioether (sulfide) groups is 1. The molecule has 2 rings (SSSR count). The summed E-state index contributed by atoms with van der Waals surface area (Å²) in [5, 5.41) is 7.26. The summed E-state index contributed by atoms with van der Waals surface area (Å²) in [6, 6.07) is -0.0216. The van der Waals surface area contributed by atoms with Gasteiger partial charge >= 0.3 is 0 Å². The first-order valence-corrected chi connectivity index (χ1v) is 6.36. The lowest BCUT2D eigenvalue weighted by molar-refractivity contribution is -0.131. The van der Waals surface area contributed by atoms with Gasteiger partial charge in [-0.15, -0.1) is 36.6 Å². The third-order valence-electron chi connectivity index (χ3n) is 2.57. The number of halogens is 2. The van der Waals surface area contributed by atoms with Crippen LogP contribution in [0.15, 0.2) is 12.4 Å². The number of aryl methyl sites for hydroxylation is 1. The van der Waals surface area contributed by atoms with E-state index in [1.165, 1.54) is 0 Å². The zero-order chi connectivity index (χ0) is 11.5. The van der Waals surface area contributed by atoms with Gasteiger partial charge in [-0.2, -0.15) is 5.10 Å². The molecule has 1 N–H and O–H groups in total. The predicted octanol–water partition coefficient (Wildman–Crippen LogP) is 0.885. The first-order chi connectivity index (χ1) is 7.66. The summed E-state index contributed by atoms with van der Waals surface area (Å²) in [6.45, 7) is 0.621. The molecule has 0 bridgehead atoms. The number of carbonyl (C=O) groups is 1. The van der Waals surface area contributed by atoms with E-state index in [2.05, 4.69) is 10.4 Å². The molecule has 0 aliphatic carbocycles. The van der Waals surface area contributed by atoms with Gasteiger partial charge in [-0.05, 0) is 0 Å². The Morgan fingerprint density at radius 1 is 1.67 bits per heavy atom. The zero-order valence-corrected chi connectivity index (χ0v) is 12.8. The summed E-state index contributed by atoms with van der Waals surface area (Å²) in [5.41, 5.74) is 1.06. The smallest absolute Gasteiger partial charge is 0.240 e. The van der Waals surface area contributed by atoms with Crippen molar-refractivity contribution < 1.29 is 4.79 Å². The molecule has 1 saturated heterocycles. The van der Waals surface area contributed by atoms with Gasteiger partial charge in [0.25, 0.3) is 0 Å². The molecule has 2 heterocycles. The summed E-state index contributed by atoms with van der Waals surface area (Å²) in [7, 11) is 3.71. The number of rotatable bonds is 3. The van der Waals surface area contributed by atoms with Gasteiger partial charge < -0.3 is 4.90 Å². The number of amides is 1. The Bertz CT molecular complexity index is 382. The molecular weight excluding hydrogens is 295 g/mol. The fraction of sp³-hybridized carbons (Fsp3) is 0.600. The number of likely N-dealkylation sites (N-methyl/N-ethyl adjacent to an activating group) is 1. The molecule has 1 aliphatic heterocycles. The zero-order valence-electron chi connectivity index (χ0n) is 10.3. The average Bonchev–Trinajstić information content (AvgIpc) is 2.88. The third kappa shape index (κ3) is 4.35. The molecule has 1 fully saturated rings. The van der Waals surface area contributed by atoms with Gasteiger partial charge in [0.2, 0.25) is 5.91 Å². The fourth-order valence-electron chi connectivity index (χ4n) is 1.73. The van der Waals surface area contributed by atoms with E-state index in [4.69, 9.17) is 0 Å². The molecule has 1 aromatic heterocycles. The molecular formula is C10H18Cl2N4OS. The lowest BCUT2D eigenvalue weighted by atomic mass is 10.2. The highest BCUT2D eigenvalue weighted by atomic mass is 35.5. The van der Waals surface area contributed by atoms with E-state index >= 15 is 0 Å². The van der Waals surface area contributed by atoms with Crippen LogP contribution in [0.5, 0.6) is 0 Å². The second kappa shape index (κ2) is 7.89. The maximum Gasteiger partial charge on any atom is 0.240 e. The lowest BCUT2D eigenvalue weighted by Crippen LogP contribution is -2.42. The van der Waals surface area contributed by atoms with Crippen molar-refractivity contribution >= 4 is 42.5 Å². The van der Waals surface area contributed by atoms with E-state index in [1.54, 1.807) is 27.5 Å². The van der Waals surface area contributed by atoms with Crippen molar-refractivity contribution in [3.8, 4) is 0 Å². The molecule has 1 atom stereocenters. The summed E-state index contributed by atoms with van der Waals surface area (Å²) >= 11 is 1.76. The molecule has 1 unspecified atom stereocenters. The number of aromatic nitrogens is 2. The summed E-state index contributed by atoms with van der Waals surface area (Å²) in [6.07, 6.45) is 3.72. The van der Waals surface area contributed by atoms with Gasteiger partial charge in [-0.3, -0.25) is 14.8 Å². The molecule has 0 spiro atoms. The van der Waals surface area contributed by atoms with Crippen molar-refractivity contribution in [2.24, 2.45) is 7.05 Å². The number of nitrogens with zero attached hydrogens (tertiary/aromatic N) is 3. The van der Waals surface area contributed by atoms with Crippen molar-refractivity contribution in [1.82, 2.24) is 20.0 Å². The van der Waals surface area contributed by atoms with Crippen LogP contribution in [0.4, 0.5) is 0 Å². The van der Waals surface area contributed by atoms with E-state index in [0.717, 1.165) is 17.2 Å². The van der Waals surface area contributed by atoms with Gasteiger partial charge in [0, 0.05) is 44.0 Å². The Balaban J connectivity index is 0.00000144. The second-order valence-electron chi connectivity index (χ2n) is 3.99. The first kappa shape index (κ1) is 17.6. The molecule has 0 saturated carbocycles. The van der Waals surface area contributed by atoms with Crippen LogP contribution in [-0.4, -0.2) is 45.3 Å². The van der Waals surface area contributed by atoms with E-state index in [-0.39, 0.29) is 36.8 Å². The standard InChI is InChI=1S/C10H16N4OS.2ClH/c1-13(4-8-3-12-14(2)5-8)10(15)9-6-16-7-11-9;;/h3,5,9,11H,4,6-7H2,1-2H3;2*1H. The van der Waals surface area contributed by atoms with Crippen molar-refractivity contribution in [2.75, 3.05) is 18.7 Å². The van der Waals surface area contributed by atoms with Crippen molar-refractivity contribution in [3.63, 3.8) is 0 Å². The van der Waals surface area contributed by atoms with Crippen LogP contribution in [0.25, 0.3) is 0 Å². The van der Waals surface area contributed by atoms with Gasteiger partial charge in [0.1, 0.15) is 0 Å². The molecule has 0 radical (unpaired) electrons. The number of hydrogen-bond acceptors (Lipinski definition) is 4. The van der Waals surface area contributed by atoms with Crippen LogP contribution in [-0.2, 0) is 18.4 Å². The fourth-order valence-corrected chi connectivity index (χ4v) is 2.66. The van der Waals surface area contributed by atoms with Crippen LogP contribution in [0, 0.1) is 0 Å². The van der Waals surface area contributed by atoms with E-state index in [1.807, 2.05) is 20.3 Å². The number of hydrogen-bond donors (Lipinski definition) is 1. The molecule has 8 heteroatoms. The normalized spacial score (nSPS) is 17.8. The minimum Gasteiger partial charge on any atom is -0.340 e. The van der Waals surface area contributed by atoms with E-state index in [9.17, 15) is 4.79 Å². The molecule has 1 aliphatic rings. The number of nitrogens with one attached hydrogen (secondary N) is 1. The van der Waals surface area contributed by atoms with Crippen LogP contribution in [0.2, 0.25) is 0 Å².